The molecule has 0 unspecified atom stereocenters. The van der Waals surface area contributed by atoms with E-state index in [0.29, 0.717) is 29.2 Å². The van der Waals surface area contributed by atoms with Gasteiger partial charge in [-0.1, -0.05) is 18.2 Å². The third kappa shape index (κ3) is 3.87. The molecule has 0 bridgehead atoms. The van der Waals surface area contributed by atoms with Crippen molar-refractivity contribution in [1.29, 1.82) is 0 Å². The smallest absolute Gasteiger partial charge is 0.364 e. The summed E-state index contributed by atoms with van der Waals surface area (Å²) in [6.07, 6.45) is -4.49. The van der Waals surface area contributed by atoms with Crippen molar-refractivity contribution < 1.29 is 22.8 Å². The lowest BCUT2D eigenvalue weighted by molar-refractivity contribution is -0.138. The number of likely N-dealkylation sites (N-methyl/N-ethyl adjacent to an activating group) is 1. The molecule has 158 valence electrons. The van der Waals surface area contributed by atoms with Crippen molar-refractivity contribution in [3.8, 4) is 0 Å². The lowest BCUT2D eigenvalue weighted by Crippen LogP contribution is -2.46. The van der Waals surface area contributed by atoms with Gasteiger partial charge in [0.2, 0.25) is 0 Å². The van der Waals surface area contributed by atoms with Gasteiger partial charge in [0, 0.05) is 31.1 Å². The second-order valence-corrected chi connectivity index (χ2v) is 8.33. The van der Waals surface area contributed by atoms with E-state index in [0.717, 1.165) is 30.1 Å². The van der Waals surface area contributed by atoms with Crippen LogP contribution in [0.15, 0.2) is 47.5 Å². The molecule has 1 aromatic carbocycles. The van der Waals surface area contributed by atoms with Crippen molar-refractivity contribution in [3.63, 3.8) is 0 Å². The number of benzene rings is 1. The Bertz CT molecular complexity index is 993. The molecule has 0 N–H and O–H groups in total. The van der Waals surface area contributed by atoms with E-state index in [2.05, 4.69) is 4.90 Å². The van der Waals surface area contributed by atoms with Gasteiger partial charge < -0.3 is 9.80 Å². The van der Waals surface area contributed by atoms with E-state index in [-0.39, 0.29) is 12.1 Å². The zero-order valence-corrected chi connectivity index (χ0v) is 17.1. The van der Waals surface area contributed by atoms with Gasteiger partial charge >= 0.3 is 6.18 Å². The molecule has 1 fully saturated rings. The summed E-state index contributed by atoms with van der Waals surface area (Å²) < 4.78 is 39.2. The number of nitrogens with zero attached hydrogens (tertiary/aromatic N) is 3. The zero-order valence-electron chi connectivity index (χ0n) is 16.3. The maximum absolute atomic E-state index is 13.3. The highest BCUT2D eigenvalue weighted by Gasteiger charge is 2.42. The van der Waals surface area contributed by atoms with Crippen molar-refractivity contribution >= 4 is 28.7 Å². The Morgan fingerprint density at radius 1 is 1.00 bits per heavy atom. The number of hydrogen-bond donors (Lipinski definition) is 0. The Morgan fingerprint density at radius 3 is 2.37 bits per heavy atom. The highest BCUT2D eigenvalue weighted by Crippen LogP contribution is 2.36. The molecule has 0 radical (unpaired) electrons. The summed E-state index contributed by atoms with van der Waals surface area (Å²) in [7, 11) is 1.99. The monoisotopic (exact) mass is 435 g/mol. The first-order valence-electron chi connectivity index (χ1n) is 9.49. The van der Waals surface area contributed by atoms with Gasteiger partial charge in [0.1, 0.15) is 5.70 Å². The van der Waals surface area contributed by atoms with Crippen LogP contribution < -0.4 is 0 Å². The van der Waals surface area contributed by atoms with E-state index in [4.69, 9.17) is 0 Å². The number of alkyl halides is 3. The van der Waals surface area contributed by atoms with Gasteiger partial charge in [-0.3, -0.25) is 14.5 Å². The topological polar surface area (TPSA) is 43.9 Å². The molecule has 2 aliphatic rings. The van der Waals surface area contributed by atoms with Crippen molar-refractivity contribution in [2.75, 3.05) is 33.2 Å². The van der Waals surface area contributed by atoms with E-state index in [1.165, 1.54) is 23.5 Å². The third-order valence-corrected chi connectivity index (χ3v) is 6.21. The molecule has 0 saturated carbocycles. The molecule has 4 rings (SSSR count). The first-order chi connectivity index (χ1) is 14.3. The summed E-state index contributed by atoms with van der Waals surface area (Å²) >= 11 is 1.36. The Hall–Kier alpha value is -2.65. The molecule has 2 amide bonds. The van der Waals surface area contributed by atoms with Crippen LogP contribution in [0.3, 0.4) is 0 Å². The van der Waals surface area contributed by atoms with Gasteiger partial charge in [-0.05, 0) is 36.2 Å². The number of imide groups is 1. The second-order valence-electron chi connectivity index (χ2n) is 7.39. The molecule has 3 heterocycles. The minimum Gasteiger partial charge on any atom is -0.364 e. The average Bonchev–Trinajstić information content (AvgIpc) is 3.31. The van der Waals surface area contributed by atoms with Crippen LogP contribution >= 0.6 is 11.3 Å². The summed E-state index contributed by atoms with van der Waals surface area (Å²) in [5, 5.41) is 1.83. The maximum atomic E-state index is 13.3. The molecular weight excluding hydrogens is 415 g/mol. The number of carbonyl (C=O) groups excluding carboxylic acids is 2. The standard InChI is InChI=1S/C21H20F3N3O2S/c1-25-7-9-26(10-8-25)18-17(16-6-3-11-30-16)19(28)27(20(18)29)13-14-4-2-5-15(12-14)21(22,23)24/h2-6,11-12H,7-10,13H2,1H3. The molecule has 9 heteroatoms. The molecule has 2 aromatic rings. The number of thiophene rings is 1. The number of hydrogen-bond acceptors (Lipinski definition) is 5. The van der Waals surface area contributed by atoms with Crippen LogP contribution in [0.25, 0.3) is 5.57 Å². The number of carbonyl (C=O) groups is 2. The van der Waals surface area contributed by atoms with Crippen LogP contribution in [0.2, 0.25) is 0 Å². The van der Waals surface area contributed by atoms with Crippen molar-refractivity contribution in [3.05, 3.63) is 63.5 Å². The first kappa shape index (κ1) is 20.6. The lowest BCUT2D eigenvalue weighted by atomic mass is 10.1. The van der Waals surface area contributed by atoms with Gasteiger partial charge in [0.15, 0.2) is 0 Å². The molecular formula is C21H20F3N3O2S. The summed E-state index contributed by atoms with van der Waals surface area (Å²) in [6.45, 7) is 2.54. The van der Waals surface area contributed by atoms with Gasteiger partial charge in [0.05, 0.1) is 17.7 Å². The van der Waals surface area contributed by atoms with Crippen LogP contribution in [-0.4, -0.2) is 59.7 Å². The van der Waals surface area contributed by atoms with Crippen molar-refractivity contribution in [2.45, 2.75) is 12.7 Å². The molecule has 1 aromatic heterocycles. The minimum absolute atomic E-state index is 0.201. The van der Waals surface area contributed by atoms with Crippen LogP contribution in [0.5, 0.6) is 0 Å². The molecule has 2 aliphatic heterocycles. The predicted molar refractivity (Wildman–Crippen MR) is 107 cm³/mol. The zero-order chi connectivity index (χ0) is 21.5. The van der Waals surface area contributed by atoms with E-state index < -0.39 is 23.6 Å². The molecule has 0 aliphatic carbocycles. The summed E-state index contributed by atoms with van der Waals surface area (Å²) in [5.41, 5.74) is 0.149. The Morgan fingerprint density at radius 2 is 1.73 bits per heavy atom. The van der Waals surface area contributed by atoms with Crippen LogP contribution in [-0.2, 0) is 22.3 Å². The number of piperazine rings is 1. The maximum Gasteiger partial charge on any atom is 0.416 e. The van der Waals surface area contributed by atoms with E-state index >= 15 is 0 Å². The van der Waals surface area contributed by atoms with Gasteiger partial charge in [-0.25, -0.2) is 0 Å². The summed E-state index contributed by atoms with van der Waals surface area (Å²) in [4.78, 5) is 32.3. The van der Waals surface area contributed by atoms with Gasteiger partial charge in [-0.2, -0.15) is 13.2 Å². The summed E-state index contributed by atoms with van der Waals surface area (Å²) in [5.74, 6) is -0.917. The number of amides is 2. The first-order valence-corrected chi connectivity index (χ1v) is 10.4. The van der Waals surface area contributed by atoms with Crippen molar-refractivity contribution in [1.82, 2.24) is 14.7 Å². The highest BCUT2D eigenvalue weighted by atomic mass is 32.1. The van der Waals surface area contributed by atoms with Gasteiger partial charge in [0.25, 0.3) is 11.8 Å². The van der Waals surface area contributed by atoms with E-state index in [1.807, 2.05) is 23.4 Å². The predicted octanol–water partition coefficient (Wildman–Crippen LogP) is 3.29. The Kier molecular flexibility index (Phi) is 5.42. The van der Waals surface area contributed by atoms with Crippen LogP contribution in [0, 0.1) is 0 Å². The fourth-order valence-corrected chi connectivity index (χ4v) is 4.46. The van der Waals surface area contributed by atoms with Crippen LogP contribution in [0.4, 0.5) is 13.2 Å². The van der Waals surface area contributed by atoms with Crippen LogP contribution in [0.1, 0.15) is 16.0 Å². The molecule has 0 atom stereocenters. The average molecular weight is 435 g/mol. The molecule has 1 saturated heterocycles. The minimum atomic E-state index is -4.49. The third-order valence-electron chi connectivity index (χ3n) is 5.33. The normalized spacial score (nSPS) is 18.7. The number of rotatable bonds is 4. The summed E-state index contributed by atoms with van der Waals surface area (Å²) in [6, 6.07) is 8.34. The Labute approximate surface area is 176 Å². The SMILES string of the molecule is CN1CCN(C2=C(c3cccs3)C(=O)N(Cc3cccc(C(F)(F)F)c3)C2=O)CC1. The molecule has 30 heavy (non-hydrogen) atoms. The van der Waals surface area contributed by atoms with Gasteiger partial charge in [-0.15, -0.1) is 11.3 Å². The Balaban J connectivity index is 1.66. The fourth-order valence-electron chi connectivity index (χ4n) is 3.70. The quantitative estimate of drug-likeness (QED) is 0.692. The molecule has 5 nitrogen and oxygen atoms in total. The fraction of sp³-hybridized carbons (Fsp3) is 0.333. The largest absolute Gasteiger partial charge is 0.416 e. The molecule has 0 spiro atoms. The van der Waals surface area contributed by atoms with Crippen molar-refractivity contribution in [2.24, 2.45) is 0 Å². The second kappa shape index (κ2) is 7.88. The lowest BCUT2D eigenvalue weighted by Gasteiger charge is -2.34. The number of halogens is 3. The van der Waals surface area contributed by atoms with E-state index in [9.17, 15) is 22.8 Å². The highest BCUT2D eigenvalue weighted by molar-refractivity contribution is 7.11. The van der Waals surface area contributed by atoms with E-state index in [1.54, 1.807) is 6.07 Å².